The smallest absolute Gasteiger partial charge is 0.253 e. The Bertz CT molecular complexity index is 968. The van der Waals surface area contributed by atoms with Gasteiger partial charge in [0.05, 0.1) is 11.8 Å². The minimum atomic E-state index is 0.0106. The zero-order valence-electron chi connectivity index (χ0n) is 14.9. The molecule has 1 aromatic carbocycles. The fraction of sp³-hybridized carbons (Fsp3) is 0.368. The van der Waals surface area contributed by atoms with Crippen LogP contribution in [0.5, 0.6) is 0 Å². The minimum Gasteiger partial charge on any atom is -0.349 e. The van der Waals surface area contributed by atoms with Crippen LogP contribution in [0.15, 0.2) is 35.5 Å². The van der Waals surface area contributed by atoms with Gasteiger partial charge in [-0.3, -0.25) is 4.79 Å². The van der Waals surface area contributed by atoms with Gasteiger partial charge in [0.15, 0.2) is 0 Å². The Morgan fingerprint density at radius 2 is 2.15 bits per heavy atom. The summed E-state index contributed by atoms with van der Waals surface area (Å²) in [6, 6.07) is 10.4. The Morgan fingerprint density at radius 3 is 3.04 bits per heavy atom. The Balaban J connectivity index is 1.41. The van der Waals surface area contributed by atoms with Gasteiger partial charge >= 0.3 is 0 Å². The third kappa shape index (κ3) is 3.44. The molecule has 3 aromatic rings. The summed E-state index contributed by atoms with van der Waals surface area (Å²) in [6.45, 7) is 3.90. The van der Waals surface area contributed by atoms with Crippen molar-refractivity contribution in [3.05, 3.63) is 52.8 Å². The molecule has 26 heavy (non-hydrogen) atoms. The minimum absolute atomic E-state index is 0.0106. The first-order chi connectivity index (χ1) is 12.6. The molecule has 0 bridgehead atoms. The number of hydrogen-bond acceptors (Lipinski definition) is 5. The number of fused-ring (bicyclic) bond motifs is 2. The Kier molecular flexibility index (Phi) is 4.63. The predicted molar refractivity (Wildman–Crippen MR) is 101 cm³/mol. The molecule has 7 heteroatoms. The molecule has 6 nitrogen and oxygen atoms in total. The van der Waals surface area contributed by atoms with E-state index in [1.165, 1.54) is 22.9 Å². The summed E-state index contributed by atoms with van der Waals surface area (Å²) in [7, 11) is 0. The molecule has 1 amide bonds. The van der Waals surface area contributed by atoms with Crippen LogP contribution in [-0.2, 0) is 11.2 Å². The lowest BCUT2D eigenvalue weighted by atomic mass is 9.88. The second kappa shape index (κ2) is 7.07. The van der Waals surface area contributed by atoms with Gasteiger partial charge in [0.25, 0.3) is 5.78 Å². The second-order valence-electron chi connectivity index (χ2n) is 6.64. The molecule has 0 saturated heterocycles. The van der Waals surface area contributed by atoms with Gasteiger partial charge < -0.3 is 5.32 Å². The molecule has 2 aromatic heterocycles. The van der Waals surface area contributed by atoms with Gasteiger partial charge in [-0.05, 0) is 50.3 Å². The van der Waals surface area contributed by atoms with Crippen LogP contribution in [0.2, 0.25) is 0 Å². The van der Waals surface area contributed by atoms with Crippen LogP contribution >= 0.6 is 11.8 Å². The average molecular weight is 367 g/mol. The number of rotatable bonds is 4. The third-order valence-corrected chi connectivity index (χ3v) is 5.47. The second-order valence-corrected chi connectivity index (χ2v) is 7.59. The zero-order valence-corrected chi connectivity index (χ0v) is 15.7. The number of nitrogens with zero attached hydrogens (tertiary/aromatic N) is 4. The van der Waals surface area contributed by atoms with Gasteiger partial charge in [0.1, 0.15) is 0 Å². The van der Waals surface area contributed by atoms with Crippen LogP contribution in [0.25, 0.3) is 5.78 Å². The Labute approximate surface area is 156 Å². The number of nitrogens with one attached hydrogen (secondary N) is 1. The standard InChI is InChI=1S/C19H21N5OS/c1-12-10-13(2)24-18(20-12)22-19(23-24)26-11-17(25)21-16-9-5-7-14-6-3-4-8-15(14)16/h3-4,6,8,10,16H,5,7,9,11H2,1-2H3,(H,21,25). The Hall–Kier alpha value is -2.41. The molecule has 1 atom stereocenters. The number of benzene rings is 1. The van der Waals surface area contributed by atoms with Crippen molar-refractivity contribution in [3.63, 3.8) is 0 Å². The molecule has 1 aliphatic carbocycles. The highest BCUT2D eigenvalue weighted by atomic mass is 32.2. The number of hydrogen-bond donors (Lipinski definition) is 1. The maximum Gasteiger partial charge on any atom is 0.253 e. The number of aryl methyl sites for hydroxylation is 3. The van der Waals surface area contributed by atoms with E-state index >= 15 is 0 Å². The molecule has 1 aliphatic rings. The third-order valence-electron chi connectivity index (χ3n) is 4.64. The van der Waals surface area contributed by atoms with Gasteiger partial charge in [-0.1, -0.05) is 36.0 Å². The van der Waals surface area contributed by atoms with Gasteiger partial charge in [-0.2, -0.15) is 4.98 Å². The largest absolute Gasteiger partial charge is 0.349 e. The van der Waals surface area contributed by atoms with Gasteiger partial charge in [0.2, 0.25) is 11.1 Å². The summed E-state index contributed by atoms with van der Waals surface area (Å²) in [4.78, 5) is 21.2. The first-order valence-electron chi connectivity index (χ1n) is 8.81. The maximum absolute atomic E-state index is 12.4. The van der Waals surface area contributed by atoms with E-state index in [0.717, 1.165) is 30.7 Å². The van der Waals surface area contributed by atoms with E-state index in [0.29, 0.717) is 16.7 Å². The van der Waals surface area contributed by atoms with E-state index in [1.54, 1.807) is 4.52 Å². The van der Waals surface area contributed by atoms with Gasteiger partial charge in [0, 0.05) is 11.4 Å². The van der Waals surface area contributed by atoms with Crippen molar-refractivity contribution in [3.8, 4) is 0 Å². The van der Waals surface area contributed by atoms with Crippen molar-refractivity contribution in [2.75, 3.05) is 5.75 Å². The summed E-state index contributed by atoms with van der Waals surface area (Å²) in [5.74, 6) is 0.885. The van der Waals surface area contributed by atoms with Crippen molar-refractivity contribution in [2.45, 2.75) is 44.3 Å². The fourth-order valence-corrected chi connectivity index (χ4v) is 4.11. The highest BCUT2D eigenvalue weighted by Gasteiger charge is 2.21. The molecular formula is C19H21N5OS. The van der Waals surface area contributed by atoms with Crippen LogP contribution in [0.1, 0.15) is 41.4 Å². The van der Waals surface area contributed by atoms with Crippen LogP contribution in [-0.4, -0.2) is 31.2 Å². The highest BCUT2D eigenvalue weighted by Crippen LogP contribution is 2.29. The number of carbonyl (C=O) groups excluding carboxylic acids is 1. The van der Waals surface area contributed by atoms with Gasteiger partial charge in [-0.25, -0.2) is 9.50 Å². The van der Waals surface area contributed by atoms with E-state index < -0.39 is 0 Å². The van der Waals surface area contributed by atoms with Crippen molar-refractivity contribution in [1.82, 2.24) is 24.9 Å². The Morgan fingerprint density at radius 1 is 1.31 bits per heavy atom. The molecule has 0 saturated carbocycles. The number of carbonyl (C=O) groups is 1. The summed E-state index contributed by atoms with van der Waals surface area (Å²) >= 11 is 1.34. The molecule has 0 aliphatic heterocycles. The van der Waals surface area contributed by atoms with Gasteiger partial charge in [-0.15, -0.1) is 5.10 Å². The average Bonchev–Trinajstić information content (AvgIpc) is 3.04. The zero-order chi connectivity index (χ0) is 18.1. The monoisotopic (exact) mass is 367 g/mol. The van der Waals surface area contributed by atoms with E-state index in [4.69, 9.17) is 0 Å². The molecule has 1 N–H and O–H groups in total. The van der Waals surface area contributed by atoms with Crippen LogP contribution in [0, 0.1) is 13.8 Å². The first-order valence-corrected chi connectivity index (χ1v) is 9.80. The van der Waals surface area contributed by atoms with Crippen molar-refractivity contribution >= 4 is 23.4 Å². The molecule has 4 rings (SSSR count). The highest BCUT2D eigenvalue weighted by molar-refractivity contribution is 7.99. The summed E-state index contributed by atoms with van der Waals surface area (Å²) < 4.78 is 1.71. The van der Waals surface area contributed by atoms with Crippen molar-refractivity contribution < 1.29 is 4.79 Å². The number of thioether (sulfide) groups is 1. The van der Waals surface area contributed by atoms with Crippen molar-refractivity contribution in [1.29, 1.82) is 0 Å². The number of aromatic nitrogens is 4. The molecule has 2 heterocycles. The lowest BCUT2D eigenvalue weighted by Crippen LogP contribution is -2.32. The first kappa shape index (κ1) is 17.0. The molecule has 134 valence electrons. The van der Waals surface area contributed by atoms with E-state index in [-0.39, 0.29) is 11.9 Å². The predicted octanol–water partition coefficient (Wildman–Crippen LogP) is 3.03. The maximum atomic E-state index is 12.4. The lowest BCUT2D eigenvalue weighted by molar-refractivity contribution is -0.119. The summed E-state index contributed by atoms with van der Waals surface area (Å²) in [5, 5.41) is 8.17. The SMILES string of the molecule is Cc1cc(C)n2nc(SCC(=O)NC3CCCc4ccccc43)nc2n1. The molecular weight excluding hydrogens is 346 g/mol. The molecule has 0 radical (unpaired) electrons. The molecule has 0 fully saturated rings. The van der Waals surface area contributed by atoms with E-state index in [2.05, 4.69) is 38.6 Å². The van der Waals surface area contributed by atoms with Crippen molar-refractivity contribution in [2.24, 2.45) is 0 Å². The number of amides is 1. The fourth-order valence-electron chi connectivity index (χ4n) is 3.48. The summed E-state index contributed by atoms with van der Waals surface area (Å²) in [5.41, 5.74) is 4.48. The van der Waals surface area contributed by atoms with Crippen LogP contribution in [0.4, 0.5) is 0 Å². The summed E-state index contributed by atoms with van der Waals surface area (Å²) in [6.07, 6.45) is 3.18. The van der Waals surface area contributed by atoms with E-state index in [1.807, 2.05) is 26.0 Å². The van der Waals surface area contributed by atoms with Crippen LogP contribution in [0.3, 0.4) is 0 Å². The molecule has 1 unspecified atom stereocenters. The normalized spacial score (nSPS) is 16.5. The quantitative estimate of drug-likeness (QED) is 0.718. The lowest BCUT2D eigenvalue weighted by Gasteiger charge is -2.26. The molecule has 0 spiro atoms. The van der Waals surface area contributed by atoms with Crippen LogP contribution < -0.4 is 5.32 Å². The topological polar surface area (TPSA) is 72.2 Å². The van der Waals surface area contributed by atoms with E-state index in [9.17, 15) is 4.79 Å².